The summed E-state index contributed by atoms with van der Waals surface area (Å²) in [6.07, 6.45) is 2.33. The van der Waals surface area contributed by atoms with Crippen LogP contribution in [0.3, 0.4) is 0 Å². The van der Waals surface area contributed by atoms with Gasteiger partial charge >= 0.3 is 0 Å². The summed E-state index contributed by atoms with van der Waals surface area (Å²) in [6.45, 7) is 16.0. The van der Waals surface area contributed by atoms with Crippen LogP contribution in [0, 0.1) is 0 Å². The largest absolute Gasteiger partial charge is 0.372 e. The second kappa shape index (κ2) is 9.45. The van der Waals surface area contributed by atoms with E-state index in [1.54, 1.807) is 0 Å². The molecule has 6 nitrogen and oxygen atoms in total. The molecule has 2 saturated heterocycles. The normalized spacial score (nSPS) is 21.3. The summed E-state index contributed by atoms with van der Waals surface area (Å²) in [6, 6.07) is 0. The van der Waals surface area contributed by atoms with Gasteiger partial charge in [0, 0.05) is 0 Å². The highest BCUT2D eigenvalue weighted by atomic mass is 15.2. The Hall–Kier alpha value is 0.150. The van der Waals surface area contributed by atoms with Crippen LogP contribution in [0.4, 0.5) is 0 Å². The zero-order valence-electron chi connectivity index (χ0n) is 15.8. The minimum atomic E-state index is 0.432. The maximum atomic E-state index is 3.49. The number of nitrogens with one attached hydrogen (secondary N) is 4. The zero-order chi connectivity index (χ0) is 16.9. The van der Waals surface area contributed by atoms with E-state index in [1.807, 2.05) is 0 Å². The molecular formula is C10H32B6N6. The van der Waals surface area contributed by atoms with E-state index in [0.717, 1.165) is 0 Å². The zero-order valence-corrected chi connectivity index (χ0v) is 15.8. The van der Waals surface area contributed by atoms with Gasteiger partial charge in [-0.05, 0) is 26.7 Å². The summed E-state index contributed by atoms with van der Waals surface area (Å²) in [5.74, 6) is 0. The highest BCUT2D eigenvalue weighted by Gasteiger charge is 2.35. The van der Waals surface area contributed by atoms with Crippen molar-refractivity contribution in [2.45, 2.75) is 53.8 Å². The molecule has 2 heterocycles. The Bertz CT molecular complexity index is 302. The first-order chi connectivity index (χ1) is 10.3. The van der Waals surface area contributed by atoms with Gasteiger partial charge in [0.1, 0.15) is 0 Å². The van der Waals surface area contributed by atoms with Crippen LogP contribution in [0.25, 0.3) is 0 Å². The quantitative estimate of drug-likeness (QED) is 0.526. The molecule has 0 aromatic heterocycles. The third-order valence-corrected chi connectivity index (χ3v) is 4.85. The SMILES string of the molecule is CB1NB(C)N(C)B(C)N1.CCB1NB(C)NB(CC)N1C. The van der Waals surface area contributed by atoms with Crippen LogP contribution in [0.15, 0.2) is 0 Å². The van der Waals surface area contributed by atoms with E-state index in [4.69, 9.17) is 0 Å². The Morgan fingerprint density at radius 1 is 0.636 bits per heavy atom. The average Bonchev–Trinajstić information content (AvgIpc) is 2.47. The summed E-state index contributed by atoms with van der Waals surface area (Å²) >= 11 is 0. The summed E-state index contributed by atoms with van der Waals surface area (Å²) in [5.41, 5.74) is 0. The molecule has 4 N–H and O–H groups in total. The Balaban J connectivity index is 0.000000224. The minimum absolute atomic E-state index is 0.432. The third-order valence-electron chi connectivity index (χ3n) is 4.85. The van der Waals surface area contributed by atoms with Crippen molar-refractivity contribution in [1.29, 1.82) is 0 Å². The smallest absolute Gasteiger partial charge is 0.286 e. The fraction of sp³-hybridized carbons (Fsp3) is 1.00. The molecular weight excluding hydrogens is 269 g/mol. The lowest BCUT2D eigenvalue weighted by atomic mass is 9.46. The molecule has 0 unspecified atom stereocenters. The standard InChI is InChI=1S/C6H18B3N3.C4H14B3N3/c1-5-8-10-7(3)11-9(6-2)12(8)4;1-5-8-6(2)10(4)7(3)9-5/h10-11H,5-6H2,1-4H3;8-9H,1-4H3. The number of hydrogen-bond donors (Lipinski definition) is 4. The lowest BCUT2D eigenvalue weighted by molar-refractivity contribution is 0.737. The van der Waals surface area contributed by atoms with Crippen molar-refractivity contribution in [1.82, 2.24) is 30.0 Å². The van der Waals surface area contributed by atoms with Crippen molar-refractivity contribution >= 4 is 41.9 Å². The molecule has 120 valence electrons. The van der Waals surface area contributed by atoms with Crippen LogP contribution in [-0.2, 0) is 0 Å². The monoisotopic (exact) mass is 302 g/mol. The van der Waals surface area contributed by atoms with Gasteiger partial charge < -0.3 is 30.0 Å². The maximum Gasteiger partial charge on any atom is 0.286 e. The van der Waals surface area contributed by atoms with Gasteiger partial charge in [0.05, 0.1) is 0 Å². The second-order valence-corrected chi connectivity index (χ2v) is 6.64. The Morgan fingerprint density at radius 3 is 1.36 bits per heavy atom. The van der Waals surface area contributed by atoms with Crippen molar-refractivity contribution in [2.75, 3.05) is 14.1 Å². The fourth-order valence-electron chi connectivity index (χ4n) is 3.23. The number of rotatable bonds is 2. The summed E-state index contributed by atoms with van der Waals surface area (Å²) in [5, 5.41) is 13.7. The van der Waals surface area contributed by atoms with Crippen LogP contribution < -0.4 is 20.6 Å². The topological polar surface area (TPSA) is 54.6 Å². The number of nitrogens with zero attached hydrogens (tertiary/aromatic N) is 2. The number of hydrogen-bond acceptors (Lipinski definition) is 6. The molecule has 2 aliphatic heterocycles. The highest BCUT2D eigenvalue weighted by Crippen LogP contribution is 2.05. The Labute approximate surface area is 140 Å². The molecule has 0 saturated carbocycles. The van der Waals surface area contributed by atoms with Crippen LogP contribution >= 0.6 is 0 Å². The molecule has 12 heteroatoms. The van der Waals surface area contributed by atoms with E-state index in [9.17, 15) is 0 Å². The van der Waals surface area contributed by atoms with Crippen LogP contribution in [0.1, 0.15) is 13.8 Å². The van der Waals surface area contributed by atoms with Crippen molar-refractivity contribution < 1.29 is 0 Å². The molecule has 2 aliphatic rings. The van der Waals surface area contributed by atoms with Gasteiger partial charge in [-0.15, -0.1) is 0 Å². The van der Waals surface area contributed by atoms with Crippen molar-refractivity contribution in [2.24, 2.45) is 0 Å². The molecule has 0 bridgehead atoms. The minimum Gasteiger partial charge on any atom is -0.372 e. The first-order valence-corrected chi connectivity index (χ1v) is 8.78. The van der Waals surface area contributed by atoms with E-state index in [0.29, 0.717) is 41.9 Å². The van der Waals surface area contributed by atoms with Crippen molar-refractivity contribution in [3.05, 3.63) is 0 Å². The summed E-state index contributed by atoms with van der Waals surface area (Å²) < 4.78 is 4.64. The first kappa shape index (κ1) is 20.2. The molecule has 0 atom stereocenters. The van der Waals surface area contributed by atoms with E-state index >= 15 is 0 Å². The predicted octanol–water partition coefficient (Wildman–Crippen LogP) is -0.290. The molecule has 0 radical (unpaired) electrons. The lowest BCUT2D eigenvalue weighted by Crippen LogP contribution is -2.73. The Morgan fingerprint density at radius 2 is 1.00 bits per heavy atom. The van der Waals surface area contributed by atoms with Crippen LogP contribution in [0.5, 0.6) is 0 Å². The van der Waals surface area contributed by atoms with E-state index in [1.165, 1.54) is 12.6 Å². The van der Waals surface area contributed by atoms with Crippen molar-refractivity contribution in [3.63, 3.8) is 0 Å². The van der Waals surface area contributed by atoms with Gasteiger partial charge in [-0.2, -0.15) is 0 Å². The van der Waals surface area contributed by atoms with Gasteiger partial charge in [-0.3, -0.25) is 0 Å². The molecule has 2 rings (SSSR count). The van der Waals surface area contributed by atoms with E-state index in [-0.39, 0.29) is 0 Å². The summed E-state index contributed by atoms with van der Waals surface area (Å²) in [7, 11) is 4.29. The molecule has 0 aromatic carbocycles. The Kier molecular flexibility index (Phi) is 8.67. The van der Waals surface area contributed by atoms with Crippen LogP contribution in [-0.4, -0.2) is 65.4 Å². The second-order valence-electron chi connectivity index (χ2n) is 6.64. The van der Waals surface area contributed by atoms with Crippen LogP contribution in [0.2, 0.25) is 39.9 Å². The van der Waals surface area contributed by atoms with Gasteiger partial charge in [0.25, 0.3) is 41.9 Å². The summed E-state index contributed by atoms with van der Waals surface area (Å²) in [4.78, 5) is 0. The molecule has 0 aliphatic carbocycles. The van der Waals surface area contributed by atoms with Gasteiger partial charge in [-0.25, -0.2) is 0 Å². The third kappa shape index (κ3) is 5.65. The molecule has 22 heavy (non-hydrogen) atoms. The highest BCUT2D eigenvalue weighted by molar-refractivity contribution is 6.86. The fourth-order valence-corrected chi connectivity index (χ4v) is 3.23. The average molecular weight is 301 g/mol. The molecule has 2 fully saturated rings. The van der Waals surface area contributed by atoms with E-state index < -0.39 is 0 Å². The molecule has 0 spiro atoms. The maximum absolute atomic E-state index is 3.49. The lowest BCUT2D eigenvalue weighted by Gasteiger charge is -2.38. The molecule has 0 aromatic rings. The van der Waals surface area contributed by atoms with E-state index in [2.05, 4.69) is 85.2 Å². The van der Waals surface area contributed by atoms with Crippen molar-refractivity contribution in [3.8, 4) is 0 Å². The van der Waals surface area contributed by atoms with Gasteiger partial charge in [-0.1, -0.05) is 41.1 Å². The first-order valence-electron chi connectivity index (χ1n) is 8.78. The van der Waals surface area contributed by atoms with Gasteiger partial charge in [0.15, 0.2) is 0 Å². The van der Waals surface area contributed by atoms with Gasteiger partial charge in [0.2, 0.25) is 0 Å². The molecule has 0 amide bonds. The predicted molar refractivity (Wildman–Crippen MR) is 107 cm³/mol.